The summed E-state index contributed by atoms with van der Waals surface area (Å²) in [6.07, 6.45) is 0. The van der Waals surface area contributed by atoms with Crippen LogP contribution < -0.4 is 11.1 Å². The molecule has 5 nitrogen and oxygen atoms in total. The van der Waals surface area contributed by atoms with Crippen molar-refractivity contribution in [3.05, 3.63) is 21.4 Å². The van der Waals surface area contributed by atoms with Gasteiger partial charge in [0, 0.05) is 11.4 Å². The maximum atomic E-state index is 11.2. The van der Waals surface area contributed by atoms with Crippen molar-refractivity contribution in [1.82, 2.24) is 5.32 Å². The van der Waals surface area contributed by atoms with Gasteiger partial charge in [-0.15, -0.1) is 11.3 Å². The third-order valence-corrected chi connectivity index (χ3v) is 3.80. The molecule has 0 spiro atoms. The van der Waals surface area contributed by atoms with Gasteiger partial charge in [-0.1, -0.05) is 13.8 Å². The van der Waals surface area contributed by atoms with Crippen LogP contribution in [0.1, 0.15) is 34.0 Å². The summed E-state index contributed by atoms with van der Waals surface area (Å²) in [6.45, 7) is 6.13. The highest BCUT2D eigenvalue weighted by Crippen LogP contribution is 2.21. The lowest BCUT2D eigenvalue weighted by Crippen LogP contribution is -2.44. The molecule has 1 rings (SSSR count). The number of aryl methyl sites for hydroxylation is 1. The van der Waals surface area contributed by atoms with Crippen molar-refractivity contribution in [3.63, 3.8) is 0 Å². The lowest BCUT2D eigenvalue weighted by molar-refractivity contribution is -0.121. The number of nitrogens with two attached hydrogens (primary N) is 1. The van der Waals surface area contributed by atoms with Gasteiger partial charge in [0.1, 0.15) is 4.88 Å². The van der Waals surface area contributed by atoms with Crippen molar-refractivity contribution in [2.45, 2.75) is 33.4 Å². The van der Waals surface area contributed by atoms with Crippen molar-refractivity contribution in [2.24, 2.45) is 11.7 Å². The van der Waals surface area contributed by atoms with Crippen LogP contribution in [0.5, 0.6) is 0 Å². The smallest absolute Gasteiger partial charge is 0.345 e. The number of carboxylic acid groups (broad SMARTS) is 1. The molecule has 0 bridgehead atoms. The van der Waals surface area contributed by atoms with Crippen LogP contribution in [0.15, 0.2) is 6.07 Å². The predicted octanol–water partition coefficient (Wildman–Crippen LogP) is 1.35. The summed E-state index contributed by atoms with van der Waals surface area (Å²) < 4.78 is 0. The Balaban J connectivity index is 2.73. The quantitative estimate of drug-likeness (QED) is 0.727. The third-order valence-electron chi connectivity index (χ3n) is 2.72. The van der Waals surface area contributed by atoms with Crippen LogP contribution in [0.25, 0.3) is 0 Å². The average molecular weight is 270 g/mol. The molecule has 1 aromatic heterocycles. The van der Waals surface area contributed by atoms with Gasteiger partial charge < -0.3 is 16.2 Å². The first kappa shape index (κ1) is 14.7. The normalized spacial score (nSPS) is 12.7. The first-order chi connectivity index (χ1) is 8.32. The number of carboxylic acids is 1. The first-order valence-corrected chi connectivity index (χ1v) is 6.50. The lowest BCUT2D eigenvalue weighted by Gasteiger charge is -2.18. The first-order valence-electron chi connectivity index (χ1n) is 5.68. The van der Waals surface area contributed by atoms with E-state index in [9.17, 15) is 9.59 Å². The molecule has 4 N–H and O–H groups in total. The molecule has 0 fully saturated rings. The number of nitrogens with one attached hydrogen (secondary N) is 1. The van der Waals surface area contributed by atoms with Gasteiger partial charge in [0.15, 0.2) is 0 Å². The second-order valence-corrected chi connectivity index (χ2v) is 5.76. The van der Waals surface area contributed by atoms with E-state index in [0.29, 0.717) is 11.4 Å². The van der Waals surface area contributed by atoms with Crippen LogP contribution in [0, 0.1) is 12.8 Å². The molecule has 18 heavy (non-hydrogen) atoms. The van der Waals surface area contributed by atoms with E-state index in [1.165, 1.54) is 11.3 Å². The molecule has 1 heterocycles. The van der Waals surface area contributed by atoms with E-state index in [2.05, 4.69) is 5.32 Å². The number of thiophene rings is 1. The Morgan fingerprint density at radius 2 is 2.11 bits per heavy atom. The zero-order chi connectivity index (χ0) is 13.9. The molecular formula is C12H18N2O3S. The molecule has 6 heteroatoms. The predicted molar refractivity (Wildman–Crippen MR) is 70.7 cm³/mol. The fraction of sp³-hybridized carbons (Fsp3) is 0.500. The third kappa shape index (κ3) is 3.54. The Morgan fingerprint density at radius 3 is 2.50 bits per heavy atom. The minimum Gasteiger partial charge on any atom is -0.477 e. The van der Waals surface area contributed by atoms with Crippen LogP contribution in [-0.4, -0.2) is 23.0 Å². The van der Waals surface area contributed by atoms with Crippen LogP contribution in [-0.2, 0) is 11.3 Å². The van der Waals surface area contributed by atoms with Gasteiger partial charge in [0.2, 0.25) is 5.91 Å². The molecule has 100 valence electrons. The molecule has 1 amide bonds. The molecule has 1 atom stereocenters. The van der Waals surface area contributed by atoms with E-state index < -0.39 is 17.9 Å². The number of hydrogen-bond acceptors (Lipinski definition) is 4. The van der Waals surface area contributed by atoms with Crippen LogP contribution in [0.2, 0.25) is 0 Å². The highest BCUT2D eigenvalue weighted by Gasteiger charge is 2.19. The molecular weight excluding hydrogens is 252 g/mol. The monoisotopic (exact) mass is 270 g/mol. The Bertz CT molecular complexity index is 454. The van der Waals surface area contributed by atoms with Crippen molar-refractivity contribution in [1.29, 1.82) is 0 Å². The number of amides is 1. The fourth-order valence-corrected chi connectivity index (χ4v) is 2.57. The van der Waals surface area contributed by atoms with E-state index >= 15 is 0 Å². The second-order valence-electron chi connectivity index (χ2n) is 4.50. The minimum atomic E-state index is -0.926. The SMILES string of the molecule is Cc1sc(C(=O)O)cc1CNC(C(N)=O)C(C)C. The summed E-state index contributed by atoms with van der Waals surface area (Å²) in [5.41, 5.74) is 6.19. The summed E-state index contributed by atoms with van der Waals surface area (Å²) in [7, 11) is 0. The Kier molecular flexibility index (Phi) is 4.86. The van der Waals surface area contributed by atoms with Gasteiger partial charge in [-0.05, 0) is 24.5 Å². The zero-order valence-corrected chi connectivity index (χ0v) is 11.5. The van der Waals surface area contributed by atoms with Crippen molar-refractivity contribution >= 4 is 23.2 Å². The second kappa shape index (κ2) is 5.97. The largest absolute Gasteiger partial charge is 0.477 e. The van der Waals surface area contributed by atoms with E-state index in [-0.39, 0.29) is 5.92 Å². The van der Waals surface area contributed by atoms with Gasteiger partial charge in [0.25, 0.3) is 0 Å². The molecule has 0 aliphatic carbocycles. The van der Waals surface area contributed by atoms with Crippen LogP contribution in [0.4, 0.5) is 0 Å². The van der Waals surface area contributed by atoms with Gasteiger partial charge in [0.05, 0.1) is 6.04 Å². The molecule has 0 saturated carbocycles. The Morgan fingerprint density at radius 1 is 1.50 bits per heavy atom. The fourth-order valence-electron chi connectivity index (χ4n) is 1.69. The molecule has 0 aromatic carbocycles. The van der Waals surface area contributed by atoms with Crippen molar-refractivity contribution in [2.75, 3.05) is 0 Å². The van der Waals surface area contributed by atoms with Crippen LogP contribution in [0.3, 0.4) is 0 Å². The van der Waals surface area contributed by atoms with Crippen molar-refractivity contribution in [3.8, 4) is 0 Å². The highest BCUT2D eigenvalue weighted by atomic mass is 32.1. The summed E-state index contributed by atoms with van der Waals surface area (Å²) >= 11 is 1.24. The highest BCUT2D eigenvalue weighted by molar-refractivity contribution is 7.14. The van der Waals surface area contributed by atoms with Crippen molar-refractivity contribution < 1.29 is 14.7 Å². The van der Waals surface area contributed by atoms with Gasteiger partial charge in [-0.25, -0.2) is 4.79 Å². The maximum Gasteiger partial charge on any atom is 0.345 e. The Hall–Kier alpha value is -1.40. The molecule has 0 aliphatic rings. The van der Waals surface area contributed by atoms with Gasteiger partial charge in [-0.3, -0.25) is 4.79 Å². The molecule has 0 radical (unpaired) electrons. The summed E-state index contributed by atoms with van der Waals surface area (Å²) in [4.78, 5) is 23.3. The van der Waals surface area contributed by atoms with E-state index in [1.807, 2.05) is 20.8 Å². The number of carbonyl (C=O) groups is 2. The molecule has 1 unspecified atom stereocenters. The average Bonchev–Trinajstić information content (AvgIpc) is 2.59. The molecule has 0 saturated heterocycles. The number of aromatic carboxylic acids is 1. The summed E-state index contributed by atoms with van der Waals surface area (Å²) in [6, 6.07) is 1.23. The number of hydrogen-bond donors (Lipinski definition) is 3. The van der Waals surface area contributed by atoms with E-state index in [0.717, 1.165) is 10.4 Å². The van der Waals surface area contributed by atoms with Crippen LogP contribution >= 0.6 is 11.3 Å². The number of primary amides is 1. The van der Waals surface area contributed by atoms with E-state index in [4.69, 9.17) is 10.8 Å². The standard InChI is InChI=1S/C12H18N2O3S/c1-6(2)10(11(13)15)14-5-8-4-9(12(16)17)18-7(8)3/h4,6,10,14H,5H2,1-3H3,(H2,13,15)(H,16,17). The topological polar surface area (TPSA) is 92.4 Å². The number of carbonyl (C=O) groups excluding carboxylic acids is 1. The lowest BCUT2D eigenvalue weighted by atomic mass is 10.0. The Labute approximate surface area is 110 Å². The van der Waals surface area contributed by atoms with E-state index in [1.54, 1.807) is 6.07 Å². The van der Waals surface area contributed by atoms with Gasteiger partial charge >= 0.3 is 5.97 Å². The molecule has 0 aliphatic heterocycles. The van der Waals surface area contributed by atoms with Gasteiger partial charge in [-0.2, -0.15) is 0 Å². The summed E-state index contributed by atoms with van der Waals surface area (Å²) in [5, 5.41) is 12.0. The summed E-state index contributed by atoms with van der Waals surface area (Å²) in [5.74, 6) is -1.22. The number of rotatable bonds is 6. The maximum absolute atomic E-state index is 11.2. The molecule has 1 aromatic rings. The minimum absolute atomic E-state index is 0.0976. The zero-order valence-electron chi connectivity index (χ0n) is 10.7.